The number of nitrogens with one attached hydrogen (secondary N) is 2. The molecule has 0 spiro atoms. The maximum Gasteiger partial charge on any atom is 0.338 e. The summed E-state index contributed by atoms with van der Waals surface area (Å²) in [5.41, 5.74) is 1.96. The first-order valence-electron chi connectivity index (χ1n) is 9.43. The highest BCUT2D eigenvalue weighted by Crippen LogP contribution is 2.30. The molecule has 27 heavy (non-hydrogen) atoms. The largest absolute Gasteiger partial charge is 0.463 e. The fourth-order valence-corrected chi connectivity index (χ4v) is 3.99. The van der Waals surface area contributed by atoms with E-state index in [1.54, 1.807) is 6.92 Å². The van der Waals surface area contributed by atoms with Crippen molar-refractivity contribution < 1.29 is 14.3 Å². The van der Waals surface area contributed by atoms with Crippen LogP contribution in [0.2, 0.25) is 0 Å². The Kier molecular flexibility index (Phi) is 6.55. The average Bonchev–Trinajstić information content (AvgIpc) is 2.63. The van der Waals surface area contributed by atoms with Crippen molar-refractivity contribution in [2.45, 2.75) is 32.7 Å². The second-order valence-corrected chi connectivity index (χ2v) is 8.07. The third-order valence-electron chi connectivity index (χ3n) is 5.09. The Hall–Kier alpha value is -1.86. The monoisotopic (exact) mass is 435 g/mol. The number of piperidine rings is 1. The molecule has 2 aliphatic rings. The molecule has 0 saturated carbocycles. The highest BCUT2D eigenvalue weighted by molar-refractivity contribution is 9.10. The van der Waals surface area contributed by atoms with Crippen molar-refractivity contribution in [3.05, 3.63) is 45.6 Å². The number of carbonyl (C=O) groups is 2. The van der Waals surface area contributed by atoms with E-state index in [1.165, 1.54) is 0 Å². The molecule has 0 radical (unpaired) electrons. The van der Waals surface area contributed by atoms with Gasteiger partial charge >= 0.3 is 12.0 Å². The maximum absolute atomic E-state index is 12.8. The van der Waals surface area contributed by atoms with Crippen LogP contribution in [0, 0.1) is 5.92 Å². The Morgan fingerprint density at radius 1 is 1.33 bits per heavy atom. The number of ether oxygens (including phenoxy) is 1. The van der Waals surface area contributed by atoms with E-state index in [0.29, 0.717) is 17.8 Å². The summed E-state index contributed by atoms with van der Waals surface area (Å²) in [5, 5.41) is 5.73. The molecular weight excluding hydrogens is 410 g/mol. The summed E-state index contributed by atoms with van der Waals surface area (Å²) >= 11 is 3.46. The van der Waals surface area contributed by atoms with Crippen molar-refractivity contribution in [2.75, 3.05) is 26.2 Å². The smallest absolute Gasteiger partial charge is 0.338 e. The van der Waals surface area contributed by atoms with Gasteiger partial charge in [0.15, 0.2) is 0 Å². The van der Waals surface area contributed by atoms with Crippen LogP contribution in [0.4, 0.5) is 4.79 Å². The Morgan fingerprint density at radius 3 is 2.74 bits per heavy atom. The summed E-state index contributed by atoms with van der Waals surface area (Å²) < 4.78 is 6.21. The normalized spacial score (nSPS) is 21.6. The topological polar surface area (TPSA) is 70.7 Å². The molecule has 1 aromatic carbocycles. The second-order valence-electron chi connectivity index (χ2n) is 7.16. The van der Waals surface area contributed by atoms with Gasteiger partial charge in [-0.25, -0.2) is 9.59 Å². The van der Waals surface area contributed by atoms with Gasteiger partial charge in [0.25, 0.3) is 0 Å². The lowest BCUT2D eigenvalue weighted by Gasteiger charge is -2.34. The zero-order valence-corrected chi connectivity index (χ0v) is 17.3. The Morgan fingerprint density at radius 2 is 2.07 bits per heavy atom. The van der Waals surface area contributed by atoms with E-state index in [0.717, 1.165) is 41.9 Å². The number of hydrogen-bond donors (Lipinski definition) is 2. The lowest BCUT2D eigenvalue weighted by atomic mass is 9.94. The van der Waals surface area contributed by atoms with E-state index in [2.05, 4.69) is 38.4 Å². The Balaban J connectivity index is 1.95. The van der Waals surface area contributed by atoms with Crippen molar-refractivity contribution in [3.63, 3.8) is 0 Å². The number of likely N-dealkylation sites (tertiary alicyclic amines) is 1. The molecule has 1 aromatic rings. The van der Waals surface area contributed by atoms with Crippen LogP contribution >= 0.6 is 15.9 Å². The number of esters is 1. The highest BCUT2D eigenvalue weighted by Gasteiger charge is 2.34. The van der Waals surface area contributed by atoms with Gasteiger partial charge in [-0.3, -0.25) is 4.90 Å². The molecule has 1 saturated heterocycles. The number of amides is 2. The molecular formula is C20H26BrN3O3. The minimum Gasteiger partial charge on any atom is -0.463 e. The third-order valence-corrected chi connectivity index (χ3v) is 5.58. The summed E-state index contributed by atoms with van der Waals surface area (Å²) in [5.74, 6) is 0.326. The number of rotatable bonds is 5. The Labute approximate surface area is 168 Å². The standard InChI is InChI=1S/C20H26BrN3O3/c1-3-27-19(25)17-16(12-24-9-7-13(2)8-10-24)22-20(26)23-18(17)14-5-4-6-15(21)11-14/h4-6,11,13,18H,3,7-10,12H2,1-2H3,(H2,22,23,26)/t18-/m1/s1. The summed E-state index contributed by atoms with van der Waals surface area (Å²) in [6.45, 7) is 6.80. The first-order valence-corrected chi connectivity index (χ1v) is 10.2. The number of benzene rings is 1. The van der Waals surface area contributed by atoms with Crippen LogP contribution in [0.3, 0.4) is 0 Å². The fourth-order valence-electron chi connectivity index (χ4n) is 3.57. The number of halogens is 1. The van der Waals surface area contributed by atoms with Crippen LogP contribution in [-0.2, 0) is 9.53 Å². The first-order chi connectivity index (χ1) is 13.0. The quantitative estimate of drug-likeness (QED) is 0.695. The minimum atomic E-state index is -0.533. The van der Waals surface area contributed by atoms with Crippen molar-refractivity contribution >= 4 is 27.9 Å². The number of urea groups is 1. The van der Waals surface area contributed by atoms with E-state index >= 15 is 0 Å². The molecule has 0 bridgehead atoms. The minimum absolute atomic E-state index is 0.288. The van der Waals surface area contributed by atoms with Crippen molar-refractivity contribution in [1.29, 1.82) is 0 Å². The van der Waals surface area contributed by atoms with Crippen LogP contribution in [0.1, 0.15) is 38.3 Å². The predicted molar refractivity (Wildman–Crippen MR) is 107 cm³/mol. The number of carbonyl (C=O) groups excluding carboxylic acids is 2. The molecule has 1 fully saturated rings. The van der Waals surface area contributed by atoms with Gasteiger partial charge in [0.2, 0.25) is 0 Å². The van der Waals surface area contributed by atoms with Gasteiger partial charge in [0.1, 0.15) is 0 Å². The summed E-state index contributed by atoms with van der Waals surface area (Å²) in [4.78, 5) is 27.4. The first kappa shape index (κ1) is 19.9. The number of hydrogen-bond acceptors (Lipinski definition) is 4. The second kappa shape index (κ2) is 8.89. The molecule has 0 aromatic heterocycles. The molecule has 2 amide bonds. The van der Waals surface area contributed by atoms with Crippen LogP contribution in [0.15, 0.2) is 40.0 Å². The van der Waals surface area contributed by atoms with Gasteiger partial charge in [-0.15, -0.1) is 0 Å². The molecule has 1 atom stereocenters. The van der Waals surface area contributed by atoms with Crippen LogP contribution in [0.25, 0.3) is 0 Å². The SMILES string of the molecule is CCOC(=O)C1=C(CN2CCC(C)CC2)NC(=O)N[C@@H]1c1cccc(Br)c1. The van der Waals surface area contributed by atoms with Crippen molar-refractivity contribution in [1.82, 2.24) is 15.5 Å². The number of nitrogens with zero attached hydrogens (tertiary/aromatic N) is 1. The summed E-state index contributed by atoms with van der Waals surface area (Å²) in [6.07, 6.45) is 2.26. The maximum atomic E-state index is 12.8. The molecule has 2 aliphatic heterocycles. The molecule has 146 valence electrons. The van der Waals surface area contributed by atoms with Gasteiger partial charge in [-0.2, -0.15) is 0 Å². The lowest BCUT2D eigenvalue weighted by molar-refractivity contribution is -0.139. The summed E-state index contributed by atoms with van der Waals surface area (Å²) in [7, 11) is 0. The van der Waals surface area contributed by atoms with E-state index in [1.807, 2.05) is 24.3 Å². The van der Waals surface area contributed by atoms with Gasteiger partial charge < -0.3 is 15.4 Å². The molecule has 2 heterocycles. The third kappa shape index (κ3) is 4.90. The average molecular weight is 436 g/mol. The van der Waals surface area contributed by atoms with E-state index in [9.17, 15) is 9.59 Å². The van der Waals surface area contributed by atoms with Crippen LogP contribution in [0.5, 0.6) is 0 Å². The molecule has 0 unspecified atom stereocenters. The molecule has 7 heteroatoms. The van der Waals surface area contributed by atoms with Gasteiger partial charge in [-0.05, 0) is 56.5 Å². The predicted octanol–water partition coefficient (Wildman–Crippen LogP) is 3.35. The zero-order chi connectivity index (χ0) is 19.4. The van der Waals surface area contributed by atoms with E-state index in [-0.39, 0.29) is 12.6 Å². The highest BCUT2D eigenvalue weighted by atomic mass is 79.9. The molecule has 0 aliphatic carbocycles. The van der Waals surface area contributed by atoms with Crippen LogP contribution < -0.4 is 10.6 Å². The zero-order valence-electron chi connectivity index (χ0n) is 15.8. The van der Waals surface area contributed by atoms with Crippen molar-refractivity contribution in [2.24, 2.45) is 5.92 Å². The van der Waals surface area contributed by atoms with Gasteiger partial charge in [-0.1, -0.05) is 35.0 Å². The molecule has 3 rings (SSSR count). The van der Waals surface area contributed by atoms with Gasteiger partial charge in [0.05, 0.1) is 18.2 Å². The van der Waals surface area contributed by atoms with E-state index < -0.39 is 12.0 Å². The molecule has 6 nitrogen and oxygen atoms in total. The van der Waals surface area contributed by atoms with Crippen molar-refractivity contribution in [3.8, 4) is 0 Å². The molecule has 2 N–H and O–H groups in total. The van der Waals surface area contributed by atoms with Gasteiger partial charge in [0, 0.05) is 16.7 Å². The lowest BCUT2D eigenvalue weighted by Crippen LogP contribution is -2.49. The fraction of sp³-hybridized carbons (Fsp3) is 0.500. The van der Waals surface area contributed by atoms with E-state index in [4.69, 9.17) is 4.74 Å². The van der Waals surface area contributed by atoms with Crippen LogP contribution in [-0.4, -0.2) is 43.1 Å². The summed E-state index contributed by atoms with van der Waals surface area (Å²) in [6, 6.07) is 6.79. The Bertz CT molecular complexity index is 742.